The van der Waals surface area contributed by atoms with Gasteiger partial charge in [-0.3, -0.25) is 0 Å². The topological polar surface area (TPSA) is 41.7 Å². The maximum Gasteiger partial charge on any atom is 0.159 e. The Morgan fingerprint density at radius 1 is 0.452 bits per heavy atom. The Morgan fingerprint density at radius 2 is 1.05 bits per heavy atom. The fraction of sp³-hybridized carbons (Fsp3) is 0.0345. The first kappa shape index (κ1) is 35.8. The summed E-state index contributed by atoms with van der Waals surface area (Å²) >= 11 is 0. The number of rotatable bonds is 7. The second kappa shape index (κ2) is 14.6. The third kappa shape index (κ3) is 5.61. The van der Waals surface area contributed by atoms with Gasteiger partial charge in [-0.2, -0.15) is 0 Å². The molecule has 1 aromatic heterocycles. The van der Waals surface area contributed by atoms with E-state index >= 15 is 0 Å². The van der Waals surface area contributed by atoms with Crippen LogP contribution in [0.1, 0.15) is 45.1 Å². The van der Waals surface area contributed by atoms with Crippen molar-refractivity contribution in [3.8, 4) is 27.9 Å². The molecular formula is C58H40N4. The quantitative estimate of drug-likeness (QED) is 0.172. The SMILES string of the molecule is c1ccc(C2=NC(c3cccc(-n4c5cc(-c6ccccc6)ccc5c5ccc6c(c54)C(c4ccccc4)(c4ccccc4)c4ccccc4-6)c3)=NC(c3ccccc3)N2)cc1. The first-order valence-electron chi connectivity index (χ1n) is 21.3. The van der Waals surface area contributed by atoms with Gasteiger partial charge >= 0.3 is 0 Å². The van der Waals surface area contributed by atoms with Gasteiger partial charge in [-0.05, 0) is 62.7 Å². The highest BCUT2D eigenvalue weighted by Crippen LogP contribution is 2.59. The predicted molar refractivity (Wildman–Crippen MR) is 255 cm³/mol. The summed E-state index contributed by atoms with van der Waals surface area (Å²) in [6.45, 7) is 0. The number of nitrogens with one attached hydrogen (secondary N) is 1. The molecule has 0 bridgehead atoms. The minimum Gasteiger partial charge on any atom is -0.344 e. The molecule has 10 aromatic rings. The lowest BCUT2D eigenvalue weighted by atomic mass is 9.67. The van der Waals surface area contributed by atoms with E-state index in [2.05, 4.69) is 228 Å². The van der Waals surface area contributed by atoms with E-state index in [1.165, 1.54) is 60.8 Å². The van der Waals surface area contributed by atoms with Gasteiger partial charge in [0.1, 0.15) is 12.0 Å². The van der Waals surface area contributed by atoms with Crippen molar-refractivity contribution in [3.63, 3.8) is 0 Å². The van der Waals surface area contributed by atoms with Gasteiger partial charge in [0, 0.05) is 33.2 Å². The number of aromatic nitrogens is 1. The van der Waals surface area contributed by atoms with E-state index < -0.39 is 5.41 Å². The highest BCUT2D eigenvalue weighted by molar-refractivity contribution is 6.16. The van der Waals surface area contributed by atoms with Crippen LogP contribution in [-0.4, -0.2) is 16.2 Å². The number of nitrogens with zero attached hydrogens (tertiary/aromatic N) is 3. The molecular weight excluding hydrogens is 753 g/mol. The molecule has 1 unspecified atom stereocenters. The zero-order valence-electron chi connectivity index (χ0n) is 33.9. The van der Waals surface area contributed by atoms with Gasteiger partial charge in [-0.25, -0.2) is 9.98 Å². The minimum absolute atomic E-state index is 0.302. The minimum atomic E-state index is -0.600. The molecule has 1 aliphatic heterocycles. The van der Waals surface area contributed by atoms with Gasteiger partial charge < -0.3 is 9.88 Å². The molecule has 2 aliphatic rings. The van der Waals surface area contributed by atoms with Gasteiger partial charge in [0.05, 0.1) is 16.4 Å². The second-order valence-electron chi connectivity index (χ2n) is 16.1. The van der Waals surface area contributed by atoms with Crippen LogP contribution in [0.3, 0.4) is 0 Å². The molecule has 0 spiro atoms. The monoisotopic (exact) mass is 792 g/mol. The number of amidine groups is 2. The third-order valence-electron chi connectivity index (χ3n) is 12.7. The predicted octanol–water partition coefficient (Wildman–Crippen LogP) is 13.3. The van der Waals surface area contributed by atoms with Crippen molar-refractivity contribution in [2.45, 2.75) is 11.6 Å². The molecule has 1 N–H and O–H groups in total. The number of fused-ring (bicyclic) bond motifs is 7. The second-order valence-corrected chi connectivity index (χ2v) is 16.1. The first-order valence-corrected chi connectivity index (χ1v) is 21.3. The zero-order valence-corrected chi connectivity index (χ0v) is 33.9. The van der Waals surface area contributed by atoms with Crippen molar-refractivity contribution in [1.29, 1.82) is 0 Å². The summed E-state index contributed by atoms with van der Waals surface area (Å²) in [5.41, 5.74) is 15.7. The Bertz CT molecular complexity index is 3310. The summed E-state index contributed by atoms with van der Waals surface area (Å²) in [7, 11) is 0. The van der Waals surface area contributed by atoms with E-state index in [4.69, 9.17) is 9.98 Å². The van der Waals surface area contributed by atoms with Crippen LogP contribution < -0.4 is 5.32 Å². The number of benzene rings is 9. The van der Waals surface area contributed by atoms with Crippen LogP contribution in [0.5, 0.6) is 0 Å². The third-order valence-corrected chi connectivity index (χ3v) is 12.7. The maximum atomic E-state index is 5.30. The summed E-state index contributed by atoms with van der Waals surface area (Å²) < 4.78 is 2.52. The van der Waals surface area contributed by atoms with Crippen LogP contribution in [0.4, 0.5) is 0 Å². The maximum absolute atomic E-state index is 5.30. The smallest absolute Gasteiger partial charge is 0.159 e. The summed E-state index contributed by atoms with van der Waals surface area (Å²) in [5, 5.41) is 6.04. The van der Waals surface area contributed by atoms with Gasteiger partial charge in [0.2, 0.25) is 0 Å². The standard InChI is InChI=1S/C58H40N4/c1-6-19-39(20-7-1)42-33-34-48-50-36-35-49-47-31-16-17-32-51(47)58(44-26-12-4-13-27-44,45-28-14-5-15-29-45)53(49)54(50)62(52(48)38-42)46-30-18-25-43(37-46)57-60-55(40-21-8-2-9-22-40)59-56(61-57)41-23-10-3-11-24-41/h1-38,55H,(H,59,60,61). The molecule has 1 atom stereocenters. The molecule has 2 heterocycles. The Hall–Kier alpha value is -8.08. The van der Waals surface area contributed by atoms with Crippen LogP contribution in [-0.2, 0) is 5.41 Å². The van der Waals surface area contributed by atoms with E-state index in [0.29, 0.717) is 5.84 Å². The highest BCUT2D eigenvalue weighted by atomic mass is 15.2. The zero-order chi connectivity index (χ0) is 41.0. The molecule has 1 aliphatic carbocycles. The van der Waals surface area contributed by atoms with E-state index in [1.54, 1.807) is 0 Å². The van der Waals surface area contributed by atoms with E-state index in [-0.39, 0.29) is 6.17 Å². The lowest BCUT2D eigenvalue weighted by Gasteiger charge is -2.34. The average molecular weight is 793 g/mol. The van der Waals surface area contributed by atoms with Crippen LogP contribution in [0.2, 0.25) is 0 Å². The van der Waals surface area contributed by atoms with Crippen LogP contribution in [0.25, 0.3) is 49.7 Å². The molecule has 62 heavy (non-hydrogen) atoms. The van der Waals surface area contributed by atoms with Gasteiger partial charge in [-0.15, -0.1) is 0 Å². The van der Waals surface area contributed by atoms with E-state index in [9.17, 15) is 0 Å². The molecule has 0 fully saturated rings. The Morgan fingerprint density at radius 3 is 1.76 bits per heavy atom. The normalized spacial score (nSPS) is 15.1. The number of hydrogen-bond donors (Lipinski definition) is 1. The summed E-state index contributed by atoms with van der Waals surface area (Å²) in [5.74, 6) is 1.48. The fourth-order valence-corrected chi connectivity index (χ4v) is 10.0. The van der Waals surface area contributed by atoms with Crippen molar-refractivity contribution < 1.29 is 0 Å². The molecule has 0 saturated heterocycles. The first-order chi connectivity index (χ1) is 30.8. The summed E-state index contributed by atoms with van der Waals surface area (Å²) in [4.78, 5) is 10.5. The van der Waals surface area contributed by atoms with Gasteiger partial charge in [0.15, 0.2) is 5.84 Å². The molecule has 0 amide bonds. The van der Waals surface area contributed by atoms with Gasteiger partial charge in [0.25, 0.3) is 0 Å². The molecule has 0 radical (unpaired) electrons. The van der Waals surface area contributed by atoms with Crippen molar-refractivity contribution in [3.05, 3.63) is 269 Å². The molecule has 0 saturated carbocycles. The van der Waals surface area contributed by atoms with Crippen molar-refractivity contribution in [2.75, 3.05) is 0 Å². The highest BCUT2D eigenvalue weighted by Gasteiger charge is 2.48. The molecule has 4 nitrogen and oxygen atoms in total. The molecule has 4 heteroatoms. The van der Waals surface area contributed by atoms with Crippen LogP contribution in [0.15, 0.2) is 241 Å². The average Bonchev–Trinajstić information content (AvgIpc) is 3.86. The lowest BCUT2D eigenvalue weighted by Crippen LogP contribution is -2.33. The van der Waals surface area contributed by atoms with Crippen molar-refractivity contribution in [1.82, 2.24) is 9.88 Å². The van der Waals surface area contributed by atoms with Crippen LogP contribution >= 0.6 is 0 Å². The van der Waals surface area contributed by atoms with Gasteiger partial charge in [-0.1, -0.05) is 212 Å². The van der Waals surface area contributed by atoms with Crippen molar-refractivity contribution in [2.24, 2.45) is 9.98 Å². The van der Waals surface area contributed by atoms with E-state index in [0.717, 1.165) is 33.7 Å². The van der Waals surface area contributed by atoms with Crippen molar-refractivity contribution >= 4 is 33.5 Å². The summed E-state index contributed by atoms with van der Waals surface area (Å²) in [6, 6.07) is 83.1. The molecule has 12 rings (SSSR count). The largest absolute Gasteiger partial charge is 0.344 e. The fourth-order valence-electron chi connectivity index (χ4n) is 10.0. The summed E-state index contributed by atoms with van der Waals surface area (Å²) in [6.07, 6.45) is -0.302. The number of aliphatic imine (C=N–C) groups is 2. The Kier molecular flexibility index (Phi) is 8.42. The van der Waals surface area contributed by atoms with Crippen LogP contribution in [0, 0.1) is 0 Å². The number of hydrogen-bond acceptors (Lipinski definition) is 3. The Labute approximate surface area is 360 Å². The Balaban J connectivity index is 1.17. The lowest BCUT2D eigenvalue weighted by molar-refractivity contribution is 0.674. The molecule has 292 valence electrons. The van der Waals surface area contributed by atoms with E-state index in [1.807, 2.05) is 12.1 Å². The molecule has 9 aromatic carbocycles.